The average molecular weight is 252 g/mol. The second kappa shape index (κ2) is 5.22. The van der Waals surface area contributed by atoms with Gasteiger partial charge in [0.1, 0.15) is 0 Å². The van der Waals surface area contributed by atoms with Crippen molar-refractivity contribution >= 4 is 5.97 Å². The fraction of sp³-hybridized carbons (Fsp3) is 0.938. The molecular formula is C16H28O2. The molecule has 104 valence electrons. The number of fused-ring (bicyclic) bond motifs is 2. The molecule has 18 heavy (non-hydrogen) atoms. The van der Waals surface area contributed by atoms with E-state index in [1.807, 2.05) is 0 Å². The number of ether oxygens (including phenoxy) is 1. The van der Waals surface area contributed by atoms with E-state index in [0.29, 0.717) is 17.9 Å². The van der Waals surface area contributed by atoms with Crippen molar-refractivity contribution in [2.75, 3.05) is 6.61 Å². The molecule has 0 heterocycles. The molecule has 0 aromatic heterocycles. The largest absolute Gasteiger partial charge is 0.466 e. The van der Waals surface area contributed by atoms with E-state index in [0.717, 1.165) is 24.2 Å². The van der Waals surface area contributed by atoms with E-state index in [2.05, 4.69) is 20.8 Å². The van der Waals surface area contributed by atoms with E-state index >= 15 is 0 Å². The van der Waals surface area contributed by atoms with Crippen LogP contribution in [0.1, 0.15) is 59.8 Å². The summed E-state index contributed by atoms with van der Waals surface area (Å²) in [5.74, 6) is 3.35. The first-order chi connectivity index (χ1) is 8.41. The summed E-state index contributed by atoms with van der Waals surface area (Å²) in [5.41, 5.74) is 0.540. The maximum Gasteiger partial charge on any atom is 0.302 e. The lowest BCUT2D eigenvalue weighted by Gasteiger charge is -2.39. The average Bonchev–Trinajstić information content (AvgIpc) is 2.80. The normalized spacial score (nSPS) is 34.6. The summed E-state index contributed by atoms with van der Waals surface area (Å²) in [5, 5.41) is 0. The zero-order valence-corrected chi connectivity index (χ0v) is 12.4. The SMILES string of the molecule is CC(=O)OCCC(C)CC1C2CCC(C2)C1(C)C. The van der Waals surface area contributed by atoms with E-state index in [1.165, 1.54) is 32.6 Å². The number of hydrogen-bond acceptors (Lipinski definition) is 2. The maximum atomic E-state index is 10.8. The monoisotopic (exact) mass is 252 g/mol. The lowest BCUT2D eigenvalue weighted by Crippen LogP contribution is -2.32. The molecule has 2 rings (SSSR count). The number of carbonyl (C=O) groups is 1. The Morgan fingerprint density at radius 2 is 2.11 bits per heavy atom. The van der Waals surface area contributed by atoms with E-state index in [1.54, 1.807) is 0 Å². The minimum absolute atomic E-state index is 0.151. The van der Waals surface area contributed by atoms with E-state index in [4.69, 9.17) is 4.74 Å². The molecule has 2 nitrogen and oxygen atoms in total. The zero-order chi connectivity index (χ0) is 13.3. The molecule has 2 saturated carbocycles. The van der Waals surface area contributed by atoms with Gasteiger partial charge in [0.25, 0.3) is 0 Å². The Kier molecular flexibility index (Phi) is 4.03. The molecule has 0 spiro atoms. The van der Waals surface area contributed by atoms with E-state index < -0.39 is 0 Å². The molecule has 0 amide bonds. The van der Waals surface area contributed by atoms with Crippen LogP contribution in [0.3, 0.4) is 0 Å². The highest BCUT2D eigenvalue weighted by molar-refractivity contribution is 5.65. The highest BCUT2D eigenvalue weighted by Gasteiger charge is 2.52. The molecule has 2 bridgehead atoms. The Bertz CT molecular complexity index is 308. The minimum Gasteiger partial charge on any atom is -0.466 e. The van der Waals surface area contributed by atoms with Crippen LogP contribution in [0.15, 0.2) is 0 Å². The molecule has 2 fully saturated rings. The number of carbonyl (C=O) groups excluding carboxylic acids is 1. The van der Waals surface area contributed by atoms with Gasteiger partial charge in [-0.05, 0) is 61.2 Å². The second-order valence-corrected chi connectivity index (χ2v) is 7.17. The molecule has 2 aliphatic rings. The maximum absolute atomic E-state index is 10.8. The third-order valence-electron chi connectivity index (χ3n) is 5.62. The quantitative estimate of drug-likeness (QED) is 0.690. The predicted octanol–water partition coefficient (Wildman–Crippen LogP) is 4.04. The van der Waals surface area contributed by atoms with Crippen LogP contribution < -0.4 is 0 Å². The van der Waals surface area contributed by atoms with Gasteiger partial charge >= 0.3 is 5.97 Å². The van der Waals surface area contributed by atoms with Gasteiger partial charge in [-0.2, -0.15) is 0 Å². The Balaban J connectivity index is 1.80. The van der Waals surface area contributed by atoms with Crippen molar-refractivity contribution in [3.63, 3.8) is 0 Å². The zero-order valence-electron chi connectivity index (χ0n) is 12.4. The van der Waals surface area contributed by atoms with Gasteiger partial charge in [0.15, 0.2) is 0 Å². The van der Waals surface area contributed by atoms with Crippen LogP contribution in [0.5, 0.6) is 0 Å². The minimum atomic E-state index is -0.151. The topological polar surface area (TPSA) is 26.3 Å². The first-order valence-electron chi connectivity index (χ1n) is 7.54. The first kappa shape index (κ1) is 13.9. The third kappa shape index (κ3) is 2.73. The van der Waals surface area contributed by atoms with Crippen LogP contribution in [0.4, 0.5) is 0 Å². The van der Waals surface area contributed by atoms with Crippen LogP contribution in [0, 0.1) is 29.1 Å². The van der Waals surface area contributed by atoms with Gasteiger partial charge in [-0.15, -0.1) is 0 Å². The van der Waals surface area contributed by atoms with Crippen molar-refractivity contribution in [3.05, 3.63) is 0 Å². The molecule has 4 atom stereocenters. The number of esters is 1. The number of hydrogen-bond donors (Lipinski definition) is 0. The lowest BCUT2D eigenvalue weighted by atomic mass is 9.66. The molecule has 0 aromatic rings. The summed E-state index contributed by atoms with van der Waals surface area (Å²) >= 11 is 0. The van der Waals surface area contributed by atoms with Crippen LogP contribution in [-0.2, 0) is 9.53 Å². The molecule has 0 radical (unpaired) electrons. The van der Waals surface area contributed by atoms with Crippen molar-refractivity contribution in [2.45, 2.75) is 59.8 Å². The van der Waals surface area contributed by atoms with Gasteiger partial charge in [0.2, 0.25) is 0 Å². The van der Waals surface area contributed by atoms with Crippen molar-refractivity contribution < 1.29 is 9.53 Å². The van der Waals surface area contributed by atoms with Crippen LogP contribution in [-0.4, -0.2) is 12.6 Å². The summed E-state index contributed by atoms with van der Waals surface area (Å²) in [6.45, 7) is 9.34. The van der Waals surface area contributed by atoms with Gasteiger partial charge in [-0.25, -0.2) is 0 Å². The highest BCUT2D eigenvalue weighted by Crippen LogP contribution is 2.60. The van der Waals surface area contributed by atoms with E-state index in [9.17, 15) is 4.79 Å². The molecule has 0 aliphatic heterocycles. The van der Waals surface area contributed by atoms with Gasteiger partial charge in [-0.3, -0.25) is 4.79 Å². The molecule has 2 aliphatic carbocycles. The standard InChI is InChI=1S/C16H28O2/c1-11(7-8-18-12(2)17)9-15-13-5-6-14(10-13)16(15,3)4/h11,13-15H,5-10H2,1-4H3. The van der Waals surface area contributed by atoms with Crippen LogP contribution in [0.25, 0.3) is 0 Å². The Labute approximate surface area is 111 Å². The van der Waals surface area contributed by atoms with Crippen molar-refractivity contribution in [1.29, 1.82) is 0 Å². The fourth-order valence-corrected chi connectivity index (χ4v) is 4.42. The summed E-state index contributed by atoms with van der Waals surface area (Å²) in [6, 6.07) is 0. The van der Waals surface area contributed by atoms with Crippen molar-refractivity contribution in [1.82, 2.24) is 0 Å². The molecule has 0 N–H and O–H groups in total. The smallest absolute Gasteiger partial charge is 0.302 e. The molecular weight excluding hydrogens is 224 g/mol. The summed E-state index contributed by atoms with van der Waals surface area (Å²) in [6.07, 6.45) is 6.71. The van der Waals surface area contributed by atoms with Crippen LogP contribution in [0.2, 0.25) is 0 Å². The van der Waals surface area contributed by atoms with Gasteiger partial charge in [0, 0.05) is 6.92 Å². The fourth-order valence-electron chi connectivity index (χ4n) is 4.42. The molecule has 2 heteroatoms. The van der Waals surface area contributed by atoms with Crippen LogP contribution >= 0.6 is 0 Å². The predicted molar refractivity (Wildman–Crippen MR) is 73.1 cm³/mol. The third-order valence-corrected chi connectivity index (χ3v) is 5.62. The highest BCUT2D eigenvalue weighted by atomic mass is 16.5. The summed E-state index contributed by atoms with van der Waals surface area (Å²) in [4.78, 5) is 10.8. The molecule has 0 aromatic carbocycles. The Morgan fingerprint density at radius 3 is 2.67 bits per heavy atom. The van der Waals surface area contributed by atoms with Gasteiger partial charge < -0.3 is 4.74 Å². The summed E-state index contributed by atoms with van der Waals surface area (Å²) < 4.78 is 5.05. The number of rotatable bonds is 5. The Morgan fingerprint density at radius 1 is 1.39 bits per heavy atom. The first-order valence-corrected chi connectivity index (χ1v) is 7.54. The van der Waals surface area contributed by atoms with E-state index in [-0.39, 0.29) is 5.97 Å². The Hall–Kier alpha value is -0.530. The van der Waals surface area contributed by atoms with Crippen molar-refractivity contribution in [3.8, 4) is 0 Å². The van der Waals surface area contributed by atoms with Gasteiger partial charge in [0.05, 0.1) is 6.61 Å². The molecule has 4 unspecified atom stereocenters. The molecule has 0 saturated heterocycles. The lowest BCUT2D eigenvalue weighted by molar-refractivity contribution is -0.141. The van der Waals surface area contributed by atoms with Gasteiger partial charge in [-0.1, -0.05) is 20.8 Å². The van der Waals surface area contributed by atoms with Crippen molar-refractivity contribution in [2.24, 2.45) is 29.1 Å². The summed E-state index contributed by atoms with van der Waals surface area (Å²) in [7, 11) is 0. The second-order valence-electron chi connectivity index (χ2n) is 7.17.